The predicted octanol–water partition coefficient (Wildman–Crippen LogP) is 3.92. The van der Waals surface area contributed by atoms with Crippen LogP contribution in [0.1, 0.15) is 40.5 Å². The van der Waals surface area contributed by atoms with E-state index in [-0.39, 0.29) is 5.41 Å². The zero-order valence-electron chi connectivity index (χ0n) is 13.8. The summed E-state index contributed by atoms with van der Waals surface area (Å²) < 4.78 is 0. The number of nitrogens with zero attached hydrogens (tertiary/aromatic N) is 3. The van der Waals surface area contributed by atoms with Gasteiger partial charge in [0, 0.05) is 18.8 Å². The van der Waals surface area contributed by atoms with Gasteiger partial charge >= 0.3 is 0 Å². The summed E-state index contributed by atoms with van der Waals surface area (Å²) in [5, 5.41) is 7.67. The first-order chi connectivity index (χ1) is 10.4. The third kappa shape index (κ3) is 2.84. The second kappa shape index (κ2) is 5.57. The van der Waals surface area contributed by atoms with Gasteiger partial charge in [0.25, 0.3) is 0 Å². The topological polar surface area (TPSA) is 62.2 Å². The fraction of sp³-hybridized carbons (Fsp3) is 0.562. The zero-order valence-corrected chi connectivity index (χ0v) is 14.6. The Morgan fingerprint density at radius 3 is 2.77 bits per heavy atom. The largest absolute Gasteiger partial charge is 0.371 e. The van der Waals surface area contributed by atoms with Gasteiger partial charge in [0.1, 0.15) is 17.0 Å². The highest BCUT2D eigenvalue weighted by Crippen LogP contribution is 2.49. The molecule has 0 bridgehead atoms. The van der Waals surface area contributed by atoms with Gasteiger partial charge in [-0.05, 0) is 32.1 Å². The first kappa shape index (κ1) is 15.3. The summed E-state index contributed by atoms with van der Waals surface area (Å²) in [5.41, 5.74) is 3.65. The van der Waals surface area contributed by atoms with Crippen molar-refractivity contribution in [2.75, 3.05) is 17.7 Å². The first-order valence-corrected chi connectivity index (χ1v) is 8.49. The summed E-state index contributed by atoms with van der Waals surface area (Å²) in [4.78, 5) is 14.9. The van der Waals surface area contributed by atoms with Crippen LogP contribution in [-0.2, 0) is 0 Å². The molecule has 3 rings (SSSR count). The number of aromatic nitrogens is 2. The van der Waals surface area contributed by atoms with Crippen LogP contribution in [0.5, 0.6) is 0 Å². The van der Waals surface area contributed by atoms with Crippen molar-refractivity contribution in [2.24, 2.45) is 10.4 Å². The van der Waals surface area contributed by atoms with Crippen molar-refractivity contribution in [3.63, 3.8) is 0 Å². The van der Waals surface area contributed by atoms with Gasteiger partial charge in [-0.3, -0.25) is 4.99 Å². The average Bonchev–Trinajstić information content (AvgIpc) is 2.43. The van der Waals surface area contributed by atoms with Crippen LogP contribution >= 0.6 is 11.8 Å². The van der Waals surface area contributed by atoms with Gasteiger partial charge in [-0.1, -0.05) is 25.6 Å². The van der Waals surface area contributed by atoms with Gasteiger partial charge in [-0.2, -0.15) is 0 Å². The zero-order chi connectivity index (χ0) is 15.9. The van der Waals surface area contributed by atoms with E-state index in [1.165, 1.54) is 16.3 Å². The summed E-state index contributed by atoms with van der Waals surface area (Å²) in [7, 11) is 1.88. The molecule has 1 aliphatic carbocycles. The van der Waals surface area contributed by atoms with Crippen molar-refractivity contribution in [3.05, 3.63) is 16.9 Å². The molecule has 0 radical (unpaired) electrons. The van der Waals surface area contributed by atoms with Gasteiger partial charge in [-0.25, -0.2) is 9.97 Å². The number of allylic oxidation sites excluding steroid dienone is 2. The molecular formula is C16H23N5S. The fourth-order valence-electron chi connectivity index (χ4n) is 2.96. The fourth-order valence-corrected chi connectivity index (χ4v) is 4.00. The minimum absolute atomic E-state index is 0.215. The van der Waals surface area contributed by atoms with Crippen molar-refractivity contribution >= 4 is 29.0 Å². The van der Waals surface area contributed by atoms with E-state index in [4.69, 9.17) is 4.99 Å². The van der Waals surface area contributed by atoms with Gasteiger partial charge in [0.2, 0.25) is 0 Å². The van der Waals surface area contributed by atoms with Crippen LogP contribution in [0.2, 0.25) is 0 Å². The average molecular weight is 317 g/mol. The maximum absolute atomic E-state index is 4.87. The molecule has 6 heteroatoms. The quantitative estimate of drug-likeness (QED) is 0.810. The highest BCUT2D eigenvalue weighted by molar-refractivity contribution is 8.04. The SMILES string of the molecule is CNc1ncnc2c1NC1=C(S2)C(=NC(C)C)CC(C)(C)C1. The maximum atomic E-state index is 4.87. The molecule has 1 aromatic heterocycles. The summed E-state index contributed by atoms with van der Waals surface area (Å²) in [6.45, 7) is 8.86. The van der Waals surface area contributed by atoms with Crippen LogP contribution in [-0.4, -0.2) is 28.8 Å². The van der Waals surface area contributed by atoms with Crippen LogP contribution in [0, 0.1) is 5.41 Å². The Bertz CT molecular complexity index is 661. The van der Waals surface area contributed by atoms with Crippen LogP contribution < -0.4 is 10.6 Å². The van der Waals surface area contributed by atoms with Gasteiger partial charge < -0.3 is 10.6 Å². The molecule has 1 aliphatic heterocycles. The van der Waals surface area contributed by atoms with Gasteiger partial charge in [-0.15, -0.1) is 0 Å². The molecule has 118 valence electrons. The number of aliphatic imine (C=N–C) groups is 1. The van der Waals surface area contributed by atoms with Gasteiger partial charge in [0.05, 0.1) is 10.6 Å². The molecule has 2 aliphatic rings. The van der Waals surface area contributed by atoms with Crippen molar-refractivity contribution in [3.8, 4) is 0 Å². The minimum atomic E-state index is 0.215. The van der Waals surface area contributed by atoms with E-state index in [0.29, 0.717) is 6.04 Å². The Kier molecular flexibility index (Phi) is 3.89. The number of hydrogen-bond acceptors (Lipinski definition) is 6. The second-order valence-electron chi connectivity index (χ2n) is 6.87. The van der Waals surface area contributed by atoms with Crippen molar-refractivity contribution in [1.82, 2.24) is 9.97 Å². The Hall–Kier alpha value is -1.56. The Balaban J connectivity index is 2.06. The summed E-state index contributed by atoms with van der Waals surface area (Å²) >= 11 is 1.72. The molecule has 5 nitrogen and oxygen atoms in total. The van der Waals surface area contributed by atoms with E-state index >= 15 is 0 Å². The number of nitrogens with one attached hydrogen (secondary N) is 2. The van der Waals surface area contributed by atoms with E-state index < -0.39 is 0 Å². The van der Waals surface area contributed by atoms with Crippen molar-refractivity contribution in [1.29, 1.82) is 0 Å². The number of anilines is 2. The summed E-state index contributed by atoms with van der Waals surface area (Å²) in [6.07, 6.45) is 3.64. The highest BCUT2D eigenvalue weighted by atomic mass is 32.2. The molecule has 0 spiro atoms. The van der Waals surface area contributed by atoms with Gasteiger partial charge in [0.15, 0.2) is 5.82 Å². The van der Waals surface area contributed by atoms with E-state index in [1.54, 1.807) is 18.1 Å². The van der Waals surface area contributed by atoms with E-state index in [1.807, 2.05) is 7.05 Å². The van der Waals surface area contributed by atoms with Crippen molar-refractivity contribution < 1.29 is 0 Å². The smallest absolute Gasteiger partial charge is 0.154 e. The molecule has 0 unspecified atom stereocenters. The molecule has 0 saturated carbocycles. The van der Waals surface area contributed by atoms with Crippen LogP contribution in [0.4, 0.5) is 11.5 Å². The Labute approximate surface area is 136 Å². The maximum Gasteiger partial charge on any atom is 0.154 e. The summed E-state index contributed by atoms with van der Waals surface area (Å²) in [5.74, 6) is 0.842. The Morgan fingerprint density at radius 1 is 1.32 bits per heavy atom. The third-order valence-corrected chi connectivity index (χ3v) is 4.96. The number of rotatable bonds is 2. The van der Waals surface area contributed by atoms with Crippen LogP contribution in [0.25, 0.3) is 0 Å². The Morgan fingerprint density at radius 2 is 2.09 bits per heavy atom. The first-order valence-electron chi connectivity index (χ1n) is 7.67. The van der Waals surface area contributed by atoms with E-state index in [0.717, 1.165) is 29.4 Å². The minimum Gasteiger partial charge on any atom is -0.371 e. The van der Waals surface area contributed by atoms with Crippen molar-refractivity contribution in [2.45, 2.75) is 51.6 Å². The summed E-state index contributed by atoms with van der Waals surface area (Å²) in [6, 6.07) is 0.304. The molecule has 0 atom stereocenters. The van der Waals surface area contributed by atoms with Crippen LogP contribution in [0.15, 0.2) is 26.9 Å². The van der Waals surface area contributed by atoms with E-state index in [9.17, 15) is 0 Å². The molecular weight excluding hydrogens is 294 g/mol. The van der Waals surface area contributed by atoms with E-state index in [2.05, 4.69) is 48.3 Å². The lowest BCUT2D eigenvalue weighted by Gasteiger charge is -2.37. The lowest BCUT2D eigenvalue weighted by atomic mass is 9.78. The molecule has 0 aromatic carbocycles. The molecule has 1 aromatic rings. The number of thioether (sulfide) groups is 1. The van der Waals surface area contributed by atoms with Crippen LogP contribution in [0.3, 0.4) is 0 Å². The molecule has 0 saturated heterocycles. The third-order valence-electron chi connectivity index (χ3n) is 3.78. The molecule has 2 heterocycles. The number of hydrogen-bond donors (Lipinski definition) is 2. The highest BCUT2D eigenvalue weighted by Gasteiger charge is 2.35. The lowest BCUT2D eigenvalue weighted by Crippen LogP contribution is -2.30. The molecule has 0 fully saturated rings. The predicted molar refractivity (Wildman–Crippen MR) is 93.7 cm³/mol. The molecule has 2 N–H and O–H groups in total. The normalized spacial score (nSPS) is 21.5. The molecule has 0 amide bonds. The molecule has 22 heavy (non-hydrogen) atoms. The monoisotopic (exact) mass is 317 g/mol. The lowest BCUT2D eigenvalue weighted by molar-refractivity contribution is 0.372. The second-order valence-corrected chi connectivity index (χ2v) is 7.87. The standard InChI is InChI=1S/C16H23N5S/c1-9(2)20-10-6-16(3,4)7-11-13(10)22-15-12(21-11)14(17-5)18-8-19-15/h8-9,21H,6-7H2,1-5H3,(H,17,18,19). The number of fused-ring (bicyclic) bond motifs is 1.